The number of nitrogens with zero attached hydrogens (tertiary/aromatic N) is 2. The summed E-state index contributed by atoms with van der Waals surface area (Å²) in [6.45, 7) is 6.75. The number of nitrogens with one attached hydrogen (secondary N) is 1. The van der Waals surface area contributed by atoms with Gasteiger partial charge in [0, 0.05) is 13.1 Å². The van der Waals surface area contributed by atoms with Crippen molar-refractivity contribution in [3.05, 3.63) is 42.7 Å². The monoisotopic (exact) mass is 272 g/mol. The second-order valence-electron chi connectivity index (χ2n) is 4.72. The first kappa shape index (κ1) is 14.3. The van der Waals surface area contributed by atoms with Gasteiger partial charge in [-0.2, -0.15) is 0 Å². The SMILES string of the molecule is C=CCC(N)C(=O)NCCn1c(C)nc2ccccc21. The van der Waals surface area contributed by atoms with E-state index in [0.717, 1.165) is 16.9 Å². The van der Waals surface area contributed by atoms with Crippen LogP contribution in [0.2, 0.25) is 0 Å². The summed E-state index contributed by atoms with van der Waals surface area (Å²) < 4.78 is 2.09. The van der Waals surface area contributed by atoms with E-state index in [1.165, 1.54) is 0 Å². The van der Waals surface area contributed by atoms with E-state index in [1.807, 2.05) is 31.2 Å². The minimum absolute atomic E-state index is 0.146. The second-order valence-corrected chi connectivity index (χ2v) is 4.72. The molecule has 106 valence electrons. The number of benzene rings is 1. The van der Waals surface area contributed by atoms with E-state index < -0.39 is 6.04 Å². The number of hydrogen-bond donors (Lipinski definition) is 2. The zero-order valence-electron chi connectivity index (χ0n) is 11.7. The van der Waals surface area contributed by atoms with Crippen molar-refractivity contribution in [2.75, 3.05) is 6.54 Å². The van der Waals surface area contributed by atoms with Gasteiger partial charge in [0.05, 0.1) is 17.1 Å². The summed E-state index contributed by atoms with van der Waals surface area (Å²) in [6, 6.07) is 7.44. The maximum absolute atomic E-state index is 11.7. The first-order chi connectivity index (χ1) is 9.63. The Balaban J connectivity index is 1.98. The van der Waals surface area contributed by atoms with E-state index in [9.17, 15) is 4.79 Å². The molecular weight excluding hydrogens is 252 g/mol. The van der Waals surface area contributed by atoms with Gasteiger partial charge >= 0.3 is 0 Å². The van der Waals surface area contributed by atoms with Crippen LogP contribution in [0.15, 0.2) is 36.9 Å². The molecule has 20 heavy (non-hydrogen) atoms. The van der Waals surface area contributed by atoms with Crippen LogP contribution in [0.3, 0.4) is 0 Å². The summed E-state index contributed by atoms with van der Waals surface area (Å²) in [7, 11) is 0. The Bertz CT molecular complexity index is 617. The number of nitrogens with two attached hydrogens (primary N) is 1. The van der Waals surface area contributed by atoms with Crippen molar-refractivity contribution in [2.24, 2.45) is 5.73 Å². The Morgan fingerprint density at radius 1 is 1.55 bits per heavy atom. The molecule has 1 heterocycles. The number of aromatic nitrogens is 2. The van der Waals surface area contributed by atoms with Crippen LogP contribution in [-0.2, 0) is 11.3 Å². The topological polar surface area (TPSA) is 72.9 Å². The molecular formula is C15H20N4O. The molecule has 1 aromatic carbocycles. The lowest BCUT2D eigenvalue weighted by Crippen LogP contribution is -2.41. The van der Waals surface area contributed by atoms with Crippen molar-refractivity contribution in [3.8, 4) is 0 Å². The van der Waals surface area contributed by atoms with Gasteiger partial charge in [-0.3, -0.25) is 4.79 Å². The van der Waals surface area contributed by atoms with Crippen molar-refractivity contribution in [2.45, 2.75) is 25.9 Å². The van der Waals surface area contributed by atoms with Crippen LogP contribution in [-0.4, -0.2) is 28.0 Å². The molecule has 1 aromatic heterocycles. The lowest BCUT2D eigenvalue weighted by molar-refractivity contribution is -0.122. The molecule has 0 spiro atoms. The summed E-state index contributed by atoms with van der Waals surface area (Å²) >= 11 is 0. The van der Waals surface area contributed by atoms with E-state index in [0.29, 0.717) is 19.5 Å². The fourth-order valence-corrected chi connectivity index (χ4v) is 2.19. The van der Waals surface area contributed by atoms with Crippen molar-refractivity contribution >= 4 is 16.9 Å². The van der Waals surface area contributed by atoms with Crippen LogP contribution in [0.5, 0.6) is 0 Å². The van der Waals surface area contributed by atoms with Gasteiger partial charge < -0.3 is 15.6 Å². The smallest absolute Gasteiger partial charge is 0.237 e. The zero-order valence-corrected chi connectivity index (χ0v) is 11.7. The maximum atomic E-state index is 11.7. The molecule has 0 aliphatic carbocycles. The van der Waals surface area contributed by atoms with E-state index >= 15 is 0 Å². The van der Waals surface area contributed by atoms with E-state index in [1.54, 1.807) is 6.08 Å². The number of rotatable bonds is 6. The number of imidazole rings is 1. The lowest BCUT2D eigenvalue weighted by atomic mass is 10.2. The maximum Gasteiger partial charge on any atom is 0.237 e. The molecule has 0 bridgehead atoms. The second kappa shape index (κ2) is 6.34. The van der Waals surface area contributed by atoms with Crippen LogP contribution >= 0.6 is 0 Å². The van der Waals surface area contributed by atoms with Crippen molar-refractivity contribution < 1.29 is 4.79 Å². The Morgan fingerprint density at radius 2 is 2.30 bits per heavy atom. The molecule has 3 N–H and O–H groups in total. The molecule has 0 radical (unpaired) electrons. The normalized spacial score (nSPS) is 12.3. The third kappa shape index (κ3) is 3.05. The molecule has 0 fully saturated rings. The summed E-state index contributed by atoms with van der Waals surface area (Å²) in [5.41, 5.74) is 7.76. The molecule has 0 aliphatic heterocycles. The van der Waals surface area contributed by atoms with Gasteiger partial charge in [0.2, 0.25) is 5.91 Å². The van der Waals surface area contributed by atoms with Gasteiger partial charge in [-0.15, -0.1) is 6.58 Å². The van der Waals surface area contributed by atoms with E-state index in [4.69, 9.17) is 5.73 Å². The van der Waals surface area contributed by atoms with Gasteiger partial charge in [-0.1, -0.05) is 18.2 Å². The van der Waals surface area contributed by atoms with E-state index in [-0.39, 0.29) is 5.91 Å². The molecule has 0 saturated carbocycles. The number of fused-ring (bicyclic) bond motifs is 1. The predicted molar refractivity (Wildman–Crippen MR) is 80.3 cm³/mol. The lowest BCUT2D eigenvalue weighted by Gasteiger charge is -2.11. The number of carbonyl (C=O) groups excluding carboxylic acids is 1. The first-order valence-corrected chi connectivity index (χ1v) is 6.69. The van der Waals surface area contributed by atoms with Crippen LogP contribution < -0.4 is 11.1 Å². The molecule has 5 heteroatoms. The molecule has 1 atom stereocenters. The number of amides is 1. The quantitative estimate of drug-likeness (QED) is 0.780. The summed E-state index contributed by atoms with van der Waals surface area (Å²) in [4.78, 5) is 16.2. The largest absolute Gasteiger partial charge is 0.353 e. The summed E-state index contributed by atoms with van der Waals surface area (Å²) in [5, 5.41) is 2.84. The standard InChI is InChI=1S/C15H20N4O/c1-3-6-12(16)15(20)17-9-10-19-11(2)18-13-7-4-5-8-14(13)19/h3-5,7-8,12H,1,6,9-10,16H2,2H3,(H,17,20). The highest BCUT2D eigenvalue weighted by molar-refractivity contribution is 5.81. The van der Waals surface area contributed by atoms with Gasteiger partial charge in [-0.25, -0.2) is 4.98 Å². The first-order valence-electron chi connectivity index (χ1n) is 6.69. The van der Waals surface area contributed by atoms with Crippen LogP contribution in [0.25, 0.3) is 11.0 Å². The summed E-state index contributed by atoms with van der Waals surface area (Å²) in [5.74, 6) is 0.794. The molecule has 0 saturated heterocycles. The predicted octanol–water partition coefficient (Wildman–Crippen LogP) is 1.36. The van der Waals surface area contributed by atoms with Gasteiger partial charge in [0.1, 0.15) is 5.82 Å². The van der Waals surface area contributed by atoms with Crippen molar-refractivity contribution in [1.82, 2.24) is 14.9 Å². The highest BCUT2D eigenvalue weighted by Crippen LogP contribution is 2.14. The van der Waals surface area contributed by atoms with Gasteiger partial charge in [0.15, 0.2) is 0 Å². The molecule has 1 unspecified atom stereocenters. The Hall–Kier alpha value is -2.14. The Morgan fingerprint density at radius 3 is 3.05 bits per heavy atom. The molecule has 2 aromatic rings. The van der Waals surface area contributed by atoms with Crippen molar-refractivity contribution in [3.63, 3.8) is 0 Å². The minimum atomic E-state index is -0.520. The third-order valence-corrected chi connectivity index (χ3v) is 3.24. The van der Waals surface area contributed by atoms with E-state index in [2.05, 4.69) is 21.4 Å². The number of carbonyl (C=O) groups is 1. The van der Waals surface area contributed by atoms with Gasteiger partial charge in [-0.05, 0) is 25.5 Å². The Kier molecular flexibility index (Phi) is 4.53. The highest BCUT2D eigenvalue weighted by Gasteiger charge is 2.11. The molecule has 2 rings (SSSR count). The molecule has 5 nitrogen and oxygen atoms in total. The molecule has 0 aliphatic rings. The average Bonchev–Trinajstić information content (AvgIpc) is 2.75. The number of aryl methyl sites for hydroxylation is 1. The van der Waals surface area contributed by atoms with Crippen molar-refractivity contribution in [1.29, 1.82) is 0 Å². The summed E-state index contributed by atoms with van der Waals surface area (Å²) in [6.07, 6.45) is 2.14. The van der Waals surface area contributed by atoms with Crippen LogP contribution in [0.4, 0.5) is 0 Å². The van der Waals surface area contributed by atoms with Crippen LogP contribution in [0.1, 0.15) is 12.2 Å². The Labute approximate surface area is 118 Å². The fraction of sp³-hybridized carbons (Fsp3) is 0.333. The molecule has 1 amide bonds. The minimum Gasteiger partial charge on any atom is -0.353 e. The number of hydrogen-bond acceptors (Lipinski definition) is 3. The third-order valence-electron chi connectivity index (χ3n) is 3.24. The van der Waals surface area contributed by atoms with Gasteiger partial charge in [0.25, 0.3) is 0 Å². The fourth-order valence-electron chi connectivity index (χ4n) is 2.19. The average molecular weight is 272 g/mol. The zero-order chi connectivity index (χ0) is 14.5. The number of para-hydroxylation sites is 2. The highest BCUT2D eigenvalue weighted by atomic mass is 16.2. The van der Waals surface area contributed by atoms with Crippen LogP contribution in [0, 0.1) is 6.92 Å².